The second-order valence-corrected chi connectivity index (χ2v) is 6.42. The topological polar surface area (TPSA) is 52.6 Å². The molecule has 0 radical (unpaired) electrons. The normalized spacial score (nSPS) is 15.9. The van der Waals surface area contributed by atoms with Crippen molar-refractivity contribution in [1.82, 2.24) is 15.6 Å². The lowest BCUT2D eigenvalue weighted by molar-refractivity contribution is 0.685. The minimum absolute atomic E-state index is 0.197. The Morgan fingerprint density at radius 1 is 1.16 bits per heavy atom. The third-order valence-electron chi connectivity index (χ3n) is 4.58. The fourth-order valence-corrected chi connectivity index (χ4v) is 3.07. The first kappa shape index (κ1) is 17.3. The molecule has 5 heteroatoms. The van der Waals surface area contributed by atoms with Crippen LogP contribution in [-0.4, -0.2) is 31.1 Å². The molecular weight excluding hydrogens is 310 g/mol. The van der Waals surface area contributed by atoms with Crippen molar-refractivity contribution in [2.45, 2.75) is 32.4 Å². The van der Waals surface area contributed by atoms with Crippen molar-refractivity contribution < 1.29 is 0 Å². The van der Waals surface area contributed by atoms with Crippen molar-refractivity contribution in [3.05, 3.63) is 59.8 Å². The van der Waals surface area contributed by atoms with Crippen LogP contribution in [0.5, 0.6) is 0 Å². The van der Waals surface area contributed by atoms with Crippen molar-refractivity contribution in [1.29, 1.82) is 0 Å². The molecule has 0 bridgehead atoms. The van der Waals surface area contributed by atoms with Crippen molar-refractivity contribution in [3.63, 3.8) is 0 Å². The minimum Gasteiger partial charge on any atom is -0.357 e. The van der Waals surface area contributed by atoms with Crippen LogP contribution in [0, 0.1) is 0 Å². The van der Waals surface area contributed by atoms with Gasteiger partial charge in [0, 0.05) is 32.9 Å². The van der Waals surface area contributed by atoms with E-state index in [-0.39, 0.29) is 6.04 Å². The van der Waals surface area contributed by atoms with Crippen LogP contribution in [-0.2, 0) is 6.54 Å². The number of pyridine rings is 1. The number of benzene rings is 1. The number of hydrogen-bond donors (Lipinski definition) is 2. The minimum atomic E-state index is 0.197. The van der Waals surface area contributed by atoms with Crippen LogP contribution in [0.15, 0.2) is 53.7 Å². The summed E-state index contributed by atoms with van der Waals surface area (Å²) in [4.78, 5) is 11.3. The molecule has 1 aromatic carbocycles. The van der Waals surface area contributed by atoms with Gasteiger partial charge in [-0.2, -0.15) is 0 Å². The molecular formula is C20H27N5. The van der Waals surface area contributed by atoms with E-state index in [4.69, 9.17) is 0 Å². The van der Waals surface area contributed by atoms with Crippen molar-refractivity contribution in [2.24, 2.45) is 4.99 Å². The summed E-state index contributed by atoms with van der Waals surface area (Å²) >= 11 is 0. The molecule has 1 aliphatic rings. The third-order valence-corrected chi connectivity index (χ3v) is 4.58. The fourth-order valence-electron chi connectivity index (χ4n) is 3.07. The first-order chi connectivity index (χ1) is 12.3. The van der Waals surface area contributed by atoms with Gasteiger partial charge in [-0.05, 0) is 37.0 Å². The van der Waals surface area contributed by atoms with Gasteiger partial charge in [0.1, 0.15) is 5.82 Å². The van der Waals surface area contributed by atoms with Crippen LogP contribution in [0.2, 0.25) is 0 Å². The molecule has 2 heterocycles. The lowest BCUT2D eigenvalue weighted by Crippen LogP contribution is -2.38. The third kappa shape index (κ3) is 4.72. The van der Waals surface area contributed by atoms with E-state index >= 15 is 0 Å². The predicted molar refractivity (Wildman–Crippen MR) is 104 cm³/mol. The lowest BCUT2D eigenvalue weighted by Gasteiger charge is -2.19. The summed E-state index contributed by atoms with van der Waals surface area (Å²) in [6.07, 6.45) is 4.49. The second kappa shape index (κ2) is 8.51. The van der Waals surface area contributed by atoms with Gasteiger partial charge in [0.05, 0.1) is 6.04 Å². The zero-order valence-electron chi connectivity index (χ0n) is 15.1. The Kier molecular flexibility index (Phi) is 5.88. The molecule has 0 spiro atoms. The molecule has 3 rings (SSSR count). The lowest BCUT2D eigenvalue weighted by atomic mass is 10.1. The van der Waals surface area contributed by atoms with E-state index in [9.17, 15) is 0 Å². The number of nitrogens with zero attached hydrogens (tertiary/aromatic N) is 3. The van der Waals surface area contributed by atoms with Crippen LogP contribution in [0.4, 0.5) is 5.82 Å². The van der Waals surface area contributed by atoms with E-state index in [1.165, 1.54) is 18.4 Å². The first-order valence-corrected chi connectivity index (χ1v) is 8.98. The molecule has 2 N–H and O–H groups in total. The Bertz CT molecular complexity index is 675. The molecule has 1 aromatic heterocycles. The SMILES string of the molecule is CN=C(NCc1ccc(N2CCCC2)nc1)NC(C)c1ccccc1. The monoisotopic (exact) mass is 337 g/mol. The van der Waals surface area contributed by atoms with Gasteiger partial charge in [-0.25, -0.2) is 4.98 Å². The number of aliphatic imine (C=N–C) groups is 1. The van der Waals surface area contributed by atoms with Gasteiger partial charge in [-0.3, -0.25) is 4.99 Å². The number of rotatable bonds is 5. The van der Waals surface area contributed by atoms with Crippen LogP contribution in [0.25, 0.3) is 0 Å². The number of aromatic nitrogens is 1. The van der Waals surface area contributed by atoms with Gasteiger partial charge >= 0.3 is 0 Å². The van der Waals surface area contributed by atoms with Crippen LogP contribution < -0.4 is 15.5 Å². The summed E-state index contributed by atoms with van der Waals surface area (Å²) < 4.78 is 0. The maximum Gasteiger partial charge on any atom is 0.191 e. The van der Waals surface area contributed by atoms with Gasteiger partial charge < -0.3 is 15.5 Å². The molecule has 132 valence electrons. The highest BCUT2D eigenvalue weighted by molar-refractivity contribution is 5.80. The molecule has 1 unspecified atom stereocenters. The quantitative estimate of drug-likeness (QED) is 0.650. The summed E-state index contributed by atoms with van der Waals surface area (Å²) in [5.41, 5.74) is 2.39. The molecule has 5 nitrogen and oxygen atoms in total. The van der Waals surface area contributed by atoms with Gasteiger partial charge in [-0.1, -0.05) is 36.4 Å². The van der Waals surface area contributed by atoms with Crippen LogP contribution in [0.3, 0.4) is 0 Å². The summed E-state index contributed by atoms with van der Waals surface area (Å²) in [7, 11) is 1.79. The fraction of sp³-hybridized carbons (Fsp3) is 0.400. The van der Waals surface area contributed by atoms with Crippen LogP contribution in [0.1, 0.15) is 36.9 Å². The largest absolute Gasteiger partial charge is 0.357 e. The molecule has 1 atom stereocenters. The molecule has 2 aromatic rings. The molecule has 0 saturated carbocycles. The summed E-state index contributed by atoms with van der Waals surface area (Å²) in [5, 5.41) is 6.78. The number of nitrogens with one attached hydrogen (secondary N) is 2. The Labute approximate surface area is 150 Å². The average molecular weight is 337 g/mol. The zero-order valence-corrected chi connectivity index (χ0v) is 15.1. The molecule has 0 aliphatic carbocycles. The first-order valence-electron chi connectivity index (χ1n) is 8.98. The van der Waals surface area contributed by atoms with E-state index in [1.807, 2.05) is 12.3 Å². The summed E-state index contributed by atoms with van der Waals surface area (Å²) in [5.74, 6) is 1.88. The summed E-state index contributed by atoms with van der Waals surface area (Å²) in [6, 6.07) is 14.8. The van der Waals surface area contributed by atoms with E-state index in [0.29, 0.717) is 6.54 Å². The van der Waals surface area contributed by atoms with Gasteiger partial charge in [0.2, 0.25) is 0 Å². The zero-order chi connectivity index (χ0) is 17.5. The molecule has 1 fully saturated rings. The van der Waals surface area contributed by atoms with Crippen molar-refractivity contribution >= 4 is 11.8 Å². The smallest absolute Gasteiger partial charge is 0.191 e. The van der Waals surface area contributed by atoms with E-state index in [0.717, 1.165) is 30.4 Å². The Hall–Kier alpha value is -2.56. The van der Waals surface area contributed by atoms with E-state index in [1.54, 1.807) is 7.05 Å². The molecule has 25 heavy (non-hydrogen) atoms. The number of anilines is 1. The highest BCUT2D eigenvalue weighted by atomic mass is 15.2. The highest BCUT2D eigenvalue weighted by Gasteiger charge is 2.13. The second-order valence-electron chi connectivity index (χ2n) is 6.42. The van der Waals surface area contributed by atoms with Crippen molar-refractivity contribution in [3.8, 4) is 0 Å². The summed E-state index contributed by atoms with van der Waals surface area (Å²) in [6.45, 7) is 5.08. The molecule has 1 saturated heterocycles. The van der Waals surface area contributed by atoms with Gasteiger partial charge in [0.15, 0.2) is 5.96 Å². The number of hydrogen-bond acceptors (Lipinski definition) is 3. The Morgan fingerprint density at radius 2 is 1.92 bits per heavy atom. The van der Waals surface area contributed by atoms with E-state index < -0.39 is 0 Å². The molecule has 0 amide bonds. The molecule has 1 aliphatic heterocycles. The van der Waals surface area contributed by atoms with Gasteiger partial charge in [0.25, 0.3) is 0 Å². The van der Waals surface area contributed by atoms with Crippen molar-refractivity contribution in [2.75, 3.05) is 25.0 Å². The Morgan fingerprint density at radius 3 is 2.56 bits per heavy atom. The average Bonchev–Trinajstić information content (AvgIpc) is 3.21. The maximum atomic E-state index is 4.60. The standard InChI is InChI=1S/C20H27N5/c1-16(18-8-4-3-5-9-18)24-20(21-2)23-15-17-10-11-19(22-14-17)25-12-6-7-13-25/h3-5,8-11,14,16H,6-7,12-13,15H2,1-2H3,(H2,21,23,24). The van der Waals surface area contributed by atoms with Crippen LogP contribution >= 0.6 is 0 Å². The Balaban J connectivity index is 1.52. The highest BCUT2D eigenvalue weighted by Crippen LogP contribution is 2.17. The predicted octanol–water partition coefficient (Wildman–Crippen LogP) is 3.11. The van der Waals surface area contributed by atoms with Gasteiger partial charge in [-0.15, -0.1) is 0 Å². The van der Waals surface area contributed by atoms with E-state index in [2.05, 4.69) is 68.8 Å². The maximum absolute atomic E-state index is 4.60. The number of guanidine groups is 1.